The molecule has 0 spiro atoms. The number of pyridine rings is 1. The van der Waals surface area contributed by atoms with Gasteiger partial charge in [-0.3, -0.25) is 15.0 Å². The van der Waals surface area contributed by atoms with Gasteiger partial charge in [-0.2, -0.15) is 0 Å². The minimum atomic E-state index is 0.549. The van der Waals surface area contributed by atoms with Gasteiger partial charge >= 0.3 is 0 Å². The lowest BCUT2D eigenvalue weighted by molar-refractivity contribution is 0.666. The molecular weight excluding hydrogens is 246 g/mol. The van der Waals surface area contributed by atoms with Crippen molar-refractivity contribution in [2.75, 3.05) is 6.54 Å². The number of hydrogen-bond acceptors (Lipinski definition) is 3. The van der Waals surface area contributed by atoms with Gasteiger partial charge in [0.2, 0.25) is 0 Å². The molecule has 1 atom stereocenters. The Labute approximate surface area is 121 Å². The largest absolute Gasteiger partial charge is 0.293 e. The molecule has 0 aromatic carbocycles. The third-order valence-electron chi connectivity index (χ3n) is 3.46. The topological polar surface area (TPSA) is 37.6 Å². The molecule has 0 saturated heterocycles. The number of nitrogens with zero attached hydrogens (tertiary/aromatic N) is 3. The minimum absolute atomic E-state index is 0.549. The van der Waals surface area contributed by atoms with E-state index in [4.69, 9.17) is 0 Å². The summed E-state index contributed by atoms with van der Waals surface area (Å²) in [7, 11) is 0. The van der Waals surface area contributed by atoms with Gasteiger partial charge < -0.3 is 0 Å². The molecule has 0 aliphatic carbocycles. The number of aromatic nitrogens is 1. The quantitative estimate of drug-likeness (QED) is 0.747. The van der Waals surface area contributed by atoms with Crippen LogP contribution in [0.5, 0.6) is 0 Å². The molecule has 1 aromatic rings. The highest BCUT2D eigenvalue weighted by Crippen LogP contribution is 2.29. The van der Waals surface area contributed by atoms with E-state index < -0.39 is 0 Å². The molecule has 3 nitrogen and oxygen atoms in total. The van der Waals surface area contributed by atoms with Crippen LogP contribution in [0.1, 0.15) is 44.4 Å². The molecular formula is C17H23N3. The van der Waals surface area contributed by atoms with E-state index in [0.717, 1.165) is 42.8 Å². The maximum Gasteiger partial charge on any atom is 0.0916 e. The van der Waals surface area contributed by atoms with Crippen LogP contribution in [0.25, 0.3) is 5.57 Å². The summed E-state index contributed by atoms with van der Waals surface area (Å²) in [4.78, 5) is 13.5. The van der Waals surface area contributed by atoms with E-state index in [9.17, 15) is 0 Å². The van der Waals surface area contributed by atoms with Gasteiger partial charge in [0.1, 0.15) is 0 Å². The first-order chi connectivity index (χ1) is 9.72. The average molecular weight is 269 g/mol. The standard InChI is InChI=1S/C17H23N3/c1-4-5-8-20-17-14(3)19-10-7-16(17)15-11-13(2)6-9-18-12-15/h7-8,10-13H,4-6,9H2,1-3H3. The van der Waals surface area contributed by atoms with Gasteiger partial charge in [-0.15, -0.1) is 0 Å². The average Bonchev–Trinajstić information content (AvgIpc) is 2.65. The van der Waals surface area contributed by atoms with Gasteiger partial charge in [-0.1, -0.05) is 26.3 Å². The molecule has 1 unspecified atom stereocenters. The lowest BCUT2D eigenvalue weighted by Crippen LogP contribution is -1.94. The Kier molecular flexibility index (Phi) is 5.22. The minimum Gasteiger partial charge on any atom is -0.293 e. The molecule has 1 aliphatic rings. The van der Waals surface area contributed by atoms with Crippen molar-refractivity contribution in [3.8, 4) is 0 Å². The number of aryl methyl sites for hydroxylation is 1. The normalized spacial score (nSPS) is 19.1. The van der Waals surface area contributed by atoms with Crippen LogP contribution >= 0.6 is 0 Å². The summed E-state index contributed by atoms with van der Waals surface area (Å²) in [6.07, 6.45) is 11.3. The Bertz CT molecular complexity index is 541. The third kappa shape index (κ3) is 3.62. The lowest BCUT2D eigenvalue weighted by atomic mass is 9.99. The maximum absolute atomic E-state index is 4.64. The molecule has 106 valence electrons. The highest BCUT2D eigenvalue weighted by molar-refractivity contribution is 6.12. The Morgan fingerprint density at radius 1 is 1.45 bits per heavy atom. The van der Waals surface area contributed by atoms with Crippen molar-refractivity contribution in [2.45, 2.75) is 40.0 Å². The molecule has 2 rings (SSSR count). The fraction of sp³-hybridized carbons (Fsp3) is 0.471. The number of unbranched alkanes of at least 4 members (excludes halogenated alkanes) is 1. The number of hydrogen-bond donors (Lipinski definition) is 0. The Morgan fingerprint density at radius 3 is 3.10 bits per heavy atom. The maximum atomic E-state index is 4.64. The zero-order valence-electron chi connectivity index (χ0n) is 12.6. The van der Waals surface area contributed by atoms with E-state index in [2.05, 4.69) is 34.9 Å². The number of allylic oxidation sites excluding steroid dienone is 2. The van der Waals surface area contributed by atoms with Gasteiger partial charge in [-0.25, -0.2) is 0 Å². The van der Waals surface area contributed by atoms with Gasteiger partial charge in [-0.05, 0) is 37.3 Å². The Hall–Kier alpha value is -1.77. The molecule has 3 heteroatoms. The second kappa shape index (κ2) is 7.13. The first kappa shape index (κ1) is 14.6. The second-order valence-corrected chi connectivity index (χ2v) is 5.32. The summed E-state index contributed by atoms with van der Waals surface area (Å²) >= 11 is 0. The summed E-state index contributed by atoms with van der Waals surface area (Å²) in [5.41, 5.74) is 4.26. The fourth-order valence-electron chi connectivity index (χ4n) is 2.27. The first-order valence-electron chi connectivity index (χ1n) is 7.42. The van der Waals surface area contributed by atoms with E-state index in [1.54, 1.807) is 0 Å². The van der Waals surface area contributed by atoms with E-state index in [1.807, 2.05) is 31.6 Å². The summed E-state index contributed by atoms with van der Waals surface area (Å²) in [6.45, 7) is 7.31. The highest BCUT2D eigenvalue weighted by atomic mass is 14.8. The molecule has 0 bridgehead atoms. The zero-order chi connectivity index (χ0) is 14.4. The predicted octanol–water partition coefficient (Wildman–Crippen LogP) is 4.39. The van der Waals surface area contributed by atoms with Gasteiger partial charge in [0.05, 0.1) is 11.4 Å². The molecule has 0 amide bonds. The Morgan fingerprint density at radius 2 is 2.30 bits per heavy atom. The summed E-state index contributed by atoms with van der Waals surface area (Å²) < 4.78 is 0. The molecule has 0 radical (unpaired) electrons. The van der Waals surface area contributed by atoms with Gasteiger partial charge in [0.25, 0.3) is 0 Å². The van der Waals surface area contributed by atoms with E-state index in [1.165, 1.54) is 5.57 Å². The second-order valence-electron chi connectivity index (χ2n) is 5.32. The highest BCUT2D eigenvalue weighted by Gasteiger charge is 2.12. The van der Waals surface area contributed by atoms with Crippen LogP contribution in [0.15, 0.2) is 28.3 Å². The van der Waals surface area contributed by atoms with Gasteiger partial charge in [0.15, 0.2) is 0 Å². The van der Waals surface area contributed by atoms with E-state index >= 15 is 0 Å². The van der Waals surface area contributed by atoms with Crippen molar-refractivity contribution < 1.29 is 0 Å². The number of aliphatic imine (C=N–C) groups is 2. The predicted molar refractivity (Wildman–Crippen MR) is 87.2 cm³/mol. The molecule has 1 aromatic heterocycles. The third-order valence-corrected chi connectivity index (χ3v) is 3.46. The summed E-state index contributed by atoms with van der Waals surface area (Å²) in [6, 6.07) is 2.04. The first-order valence-corrected chi connectivity index (χ1v) is 7.42. The van der Waals surface area contributed by atoms with Crippen molar-refractivity contribution in [1.29, 1.82) is 0 Å². The molecule has 0 saturated carbocycles. The van der Waals surface area contributed by atoms with Crippen LogP contribution in [0.2, 0.25) is 0 Å². The van der Waals surface area contributed by atoms with E-state index in [-0.39, 0.29) is 0 Å². The smallest absolute Gasteiger partial charge is 0.0916 e. The number of rotatable bonds is 4. The van der Waals surface area contributed by atoms with Crippen molar-refractivity contribution in [1.82, 2.24) is 4.98 Å². The molecule has 20 heavy (non-hydrogen) atoms. The lowest BCUT2D eigenvalue weighted by Gasteiger charge is -2.09. The monoisotopic (exact) mass is 269 g/mol. The Balaban J connectivity index is 2.42. The van der Waals surface area contributed by atoms with Crippen LogP contribution in [-0.4, -0.2) is 24.0 Å². The van der Waals surface area contributed by atoms with Crippen LogP contribution in [0, 0.1) is 12.8 Å². The zero-order valence-corrected chi connectivity index (χ0v) is 12.6. The SMILES string of the molecule is CCCC=Nc1c(C2=CC(C)CCN=C2)ccnc1C. The van der Waals surface area contributed by atoms with Crippen molar-refractivity contribution in [2.24, 2.45) is 15.9 Å². The van der Waals surface area contributed by atoms with Crippen LogP contribution in [0.4, 0.5) is 5.69 Å². The van der Waals surface area contributed by atoms with Crippen LogP contribution in [-0.2, 0) is 0 Å². The molecule has 0 N–H and O–H groups in total. The van der Waals surface area contributed by atoms with Crippen LogP contribution < -0.4 is 0 Å². The van der Waals surface area contributed by atoms with Crippen molar-refractivity contribution >= 4 is 23.7 Å². The van der Waals surface area contributed by atoms with Gasteiger partial charge in [0, 0.05) is 30.7 Å². The van der Waals surface area contributed by atoms with Crippen LogP contribution in [0.3, 0.4) is 0 Å². The summed E-state index contributed by atoms with van der Waals surface area (Å²) in [5, 5.41) is 0. The molecule has 2 heterocycles. The van der Waals surface area contributed by atoms with Crippen molar-refractivity contribution in [3.63, 3.8) is 0 Å². The van der Waals surface area contributed by atoms with E-state index in [0.29, 0.717) is 5.92 Å². The fourth-order valence-corrected chi connectivity index (χ4v) is 2.27. The summed E-state index contributed by atoms with van der Waals surface area (Å²) in [5.74, 6) is 0.549. The molecule has 0 fully saturated rings. The molecule has 1 aliphatic heterocycles. The van der Waals surface area contributed by atoms with Crippen molar-refractivity contribution in [3.05, 3.63) is 29.6 Å².